The lowest BCUT2D eigenvalue weighted by atomic mass is 10.1. The van der Waals surface area contributed by atoms with E-state index in [0.717, 1.165) is 15.9 Å². The van der Waals surface area contributed by atoms with Crippen molar-refractivity contribution >= 4 is 11.6 Å². The Kier molecular flexibility index (Phi) is 8.25. The zero-order valence-electron chi connectivity index (χ0n) is 13.5. The first-order valence-corrected chi connectivity index (χ1v) is 8.48. The molecule has 0 amide bonds. The summed E-state index contributed by atoms with van der Waals surface area (Å²) in [7, 11) is 4.73. The van der Waals surface area contributed by atoms with Crippen LogP contribution in [-0.4, -0.2) is 31.7 Å². The summed E-state index contributed by atoms with van der Waals surface area (Å²) in [4.78, 5) is 0. The molecule has 1 aromatic carbocycles. The van der Waals surface area contributed by atoms with Crippen LogP contribution in [0.5, 0.6) is 0 Å². The van der Waals surface area contributed by atoms with Gasteiger partial charge in [0.2, 0.25) is 0 Å². The van der Waals surface area contributed by atoms with Crippen molar-refractivity contribution in [3.63, 3.8) is 0 Å². The molecule has 114 valence electrons. The Labute approximate surface area is 130 Å². The van der Waals surface area contributed by atoms with Crippen molar-refractivity contribution in [3.8, 4) is 0 Å². The molecule has 1 rings (SSSR count). The van der Waals surface area contributed by atoms with Crippen molar-refractivity contribution in [1.29, 1.82) is 0 Å². The molecule has 0 N–H and O–H groups in total. The molecule has 1 aromatic rings. The van der Waals surface area contributed by atoms with Crippen LogP contribution in [0.1, 0.15) is 51.0 Å². The smallest absolute Gasteiger partial charge is 0.0785 e. The van der Waals surface area contributed by atoms with E-state index in [0.29, 0.717) is 0 Å². The summed E-state index contributed by atoms with van der Waals surface area (Å²) < 4.78 is 1.15. The Morgan fingerprint density at radius 2 is 1.45 bits per heavy atom. The number of benzene rings is 1. The topological polar surface area (TPSA) is 0 Å². The van der Waals surface area contributed by atoms with Gasteiger partial charge in [0.1, 0.15) is 0 Å². The van der Waals surface area contributed by atoms with Crippen LogP contribution in [0.3, 0.4) is 0 Å². The minimum Gasteiger partial charge on any atom is -0.328 e. The third-order valence-electron chi connectivity index (χ3n) is 4.01. The van der Waals surface area contributed by atoms with Gasteiger partial charge in [0.15, 0.2) is 0 Å². The third kappa shape index (κ3) is 7.91. The van der Waals surface area contributed by atoms with Gasteiger partial charge in [0.05, 0.1) is 27.2 Å². The van der Waals surface area contributed by atoms with Gasteiger partial charge in [0, 0.05) is 11.4 Å². The van der Waals surface area contributed by atoms with E-state index in [1.54, 1.807) is 0 Å². The summed E-state index contributed by atoms with van der Waals surface area (Å²) >= 11 is 5.91. The van der Waals surface area contributed by atoms with E-state index in [2.05, 4.69) is 33.2 Å². The third-order valence-corrected chi connectivity index (χ3v) is 4.26. The number of quaternary nitrogens is 1. The van der Waals surface area contributed by atoms with Gasteiger partial charge in [-0.1, -0.05) is 49.9 Å². The van der Waals surface area contributed by atoms with Gasteiger partial charge in [-0.15, -0.1) is 0 Å². The van der Waals surface area contributed by atoms with E-state index >= 15 is 0 Å². The second-order valence-electron chi connectivity index (χ2n) is 6.53. The molecule has 0 aliphatic heterocycles. The largest absolute Gasteiger partial charge is 0.328 e. The Bertz CT molecular complexity index is 356. The van der Waals surface area contributed by atoms with Crippen LogP contribution in [-0.2, 0) is 6.42 Å². The molecule has 20 heavy (non-hydrogen) atoms. The van der Waals surface area contributed by atoms with Crippen LogP contribution in [0.4, 0.5) is 0 Å². The SMILES string of the molecule is CCCCCCC[N+](C)(C)CCCc1ccc(Cl)cc1. The lowest BCUT2D eigenvalue weighted by Gasteiger charge is -2.30. The quantitative estimate of drug-likeness (QED) is 0.405. The van der Waals surface area contributed by atoms with Crippen molar-refractivity contribution in [2.24, 2.45) is 0 Å². The molecular formula is C18H31ClN+. The molecule has 0 atom stereocenters. The van der Waals surface area contributed by atoms with Crippen LogP contribution in [0, 0.1) is 0 Å². The van der Waals surface area contributed by atoms with Crippen LogP contribution >= 0.6 is 11.6 Å². The zero-order chi connectivity index (χ0) is 14.8. The van der Waals surface area contributed by atoms with Crippen LogP contribution < -0.4 is 0 Å². The van der Waals surface area contributed by atoms with E-state index in [1.807, 2.05) is 12.1 Å². The number of rotatable bonds is 10. The summed E-state index contributed by atoms with van der Waals surface area (Å²) in [6.07, 6.45) is 9.31. The van der Waals surface area contributed by atoms with Crippen LogP contribution in [0.15, 0.2) is 24.3 Å². The van der Waals surface area contributed by atoms with Crippen LogP contribution in [0.25, 0.3) is 0 Å². The first-order valence-electron chi connectivity index (χ1n) is 8.10. The molecule has 1 nitrogen and oxygen atoms in total. The van der Waals surface area contributed by atoms with Gasteiger partial charge in [0.25, 0.3) is 0 Å². The fourth-order valence-corrected chi connectivity index (χ4v) is 2.74. The molecular weight excluding hydrogens is 266 g/mol. The number of hydrogen-bond acceptors (Lipinski definition) is 0. The number of unbranched alkanes of at least 4 members (excludes halogenated alkanes) is 4. The number of nitrogens with zero attached hydrogens (tertiary/aromatic N) is 1. The molecule has 0 aromatic heterocycles. The molecule has 2 heteroatoms. The summed E-state index contributed by atoms with van der Waals surface area (Å²) in [6.45, 7) is 4.84. The van der Waals surface area contributed by atoms with E-state index in [4.69, 9.17) is 11.6 Å². The van der Waals surface area contributed by atoms with Gasteiger partial charge >= 0.3 is 0 Å². The maximum atomic E-state index is 5.91. The molecule has 0 fully saturated rings. The standard InChI is InChI=1S/C18H31ClN/c1-4-5-6-7-8-15-20(2,3)16-9-10-17-11-13-18(19)14-12-17/h11-14H,4-10,15-16H2,1-3H3/q+1. The highest BCUT2D eigenvalue weighted by Gasteiger charge is 2.13. The Balaban J connectivity index is 2.17. The average molecular weight is 297 g/mol. The van der Waals surface area contributed by atoms with Crippen molar-refractivity contribution < 1.29 is 4.48 Å². The van der Waals surface area contributed by atoms with Gasteiger partial charge in [-0.25, -0.2) is 0 Å². The van der Waals surface area contributed by atoms with Crippen molar-refractivity contribution in [3.05, 3.63) is 34.9 Å². The minimum absolute atomic E-state index is 0.831. The lowest BCUT2D eigenvalue weighted by Crippen LogP contribution is -2.41. The summed E-state index contributed by atoms with van der Waals surface area (Å²) in [6, 6.07) is 8.27. The van der Waals surface area contributed by atoms with Gasteiger partial charge in [-0.2, -0.15) is 0 Å². The molecule has 0 radical (unpaired) electrons. The molecule has 0 bridgehead atoms. The fourth-order valence-electron chi connectivity index (χ4n) is 2.62. The predicted octanol–water partition coefficient (Wildman–Crippen LogP) is 5.32. The maximum Gasteiger partial charge on any atom is 0.0785 e. The highest BCUT2D eigenvalue weighted by molar-refractivity contribution is 6.30. The van der Waals surface area contributed by atoms with Crippen LogP contribution in [0.2, 0.25) is 5.02 Å². The van der Waals surface area contributed by atoms with E-state index in [1.165, 1.54) is 57.2 Å². The summed E-state index contributed by atoms with van der Waals surface area (Å²) in [5.74, 6) is 0. The van der Waals surface area contributed by atoms with Gasteiger partial charge < -0.3 is 4.48 Å². The molecule has 0 saturated heterocycles. The normalized spacial score (nSPS) is 11.8. The Hall–Kier alpha value is -0.530. The Morgan fingerprint density at radius 3 is 2.10 bits per heavy atom. The van der Waals surface area contributed by atoms with E-state index < -0.39 is 0 Å². The van der Waals surface area contributed by atoms with Crippen molar-refractivity contribution in [1.82, 2.24) is 0 Å². The molecule has 0 unspecified atom stereocenters. The lowest BCUT2D eigenvalue weighted by molar-refractivity contribution is -0.890. The number of halogens is 1. The first-order chi connectivity index (χ1) is 9.53. The minimum atomic E-state index is 0.831. The summed E-state index contributed by atoms with van der Waals surface area (Å²) in [5.41, 5.74) is 1.40. The van der Waals surface area contributed by atoms with E-state index in [-0.39, 0.29) is 0 Å². The molecule has 0 spiro atoms. The average Bonchev–Trinajstić information content (AvgIpc) is 2.40. The molecule has 0 aliphatic rings. The highest BCUT2D eigenvalue weighted by atomic mass is 35.5. The fraction of sp³-hybridized carbons (Fsp3) is 0.667. The van der Waals surface area contributed by atoms with Gasteiger partial charge in [-0.3, -0.25) is 0 Å². The van der Waals surface area contributed by atoms with Crippen molar-refractivity contribution in [2.75, 3.05) is 27.2 Å². The maximum absolute atomic E-state index is 5.91. The molecule has 0 aliphatic carbocycles. The summed E-state index contributed by atoms with van der Waals surface area (Å²) in [5, 5.41) is 0.831. The second kappa shape index (κ2) is 9.41. The second-order valence-corrected chi connectivity index (χ2v) is 6.96. The monoisotopic (exact) mass is 296 g/mol. The van der Waals surface area contributed by atoms with E-state index in [9.17, 15) is 0 Å². The molecule has 0 heterocycles. The molecule has 0 saturated carbocycles. The number of hydrogen-bond donors (Lipinski definition) is 0. The van der Waals surface area contributed by atoms with Crippen molar-refractivity contribution in [2.45, 2.75) is 51.9 Å². The first kappa shape index (κ1) is 17.5. The zero-order valence-corrected chi connectivity index (χ0v) is 14.3. The highest BCUT2D eigenvalue weighted by Crippen LogP contribution is 2.13. The predicted molar refractivity (Wildman–Crippen MR) is 90.4 cm³/mol. The van der Waals surface area contributed by atoms with Gasteiger partial charge in [-0.05, 0) is 37.0 Å². The number of aryl methyl sites for hydroxylation is 1. The Morgan fingerprint density at radius 1 is 0.850 bits per heavy atom.